The van der Waals surface area contributed by atoms with Crippen molar-refractivity contribution in [2.75, 3.05) is 0 Å². The highest BCUT2D eigenvalue weighted by Gasteiger charge is 2.46. The van der Waals surface area contributed by atoms with Crippen molar-refractivity contribution in [1.82, 2.24) is 4.98 Å². The molecule has 1 atom stereocenters. The summed E-state index contributed by atoms with van der Waals surface area (Å²) < 4.78 is 24.2. The van der Waals surface area contributed by atoms with Gasteiger partial charge in [-0.3, -0.25) is 4.79 Å². The third kappa shape index (κ3) is 2.47. The Bertz CT molecular complexity index is 805. The normalized spacial score (nSPS) is 14.0. The van der Waals surface area contributed by atoms with E-state index in [2.05, 4.69) is 11.6 Å². The lowest BCUT2D eigenvalue weighted by molar-refractivity contribution is -0.139. The van der Waals surface area contributed by atoms with Crippen LogP contribution in [0.5, 0.6) is 0 Å². The van der Waals surface area contributed by atoms with Crippen molar-refractivity contribution >= 4 is 37.4 Å². The van der Waals surface area contributed by atoms with Crippen LogP contribution in [0.25, 0.3) is 10.2 Å². The number of carboxylic acid groups (broad SMARTS) is 1. The van der Waals surface area contributed by atoms with Gasteiger partial charge in [-0.25, -0.2) is 13.4 Å². The van der Waals surface area contributed by atoms with E-state index in [-0.39, 0.29) is 0 Å². The number of aromatic nitrogens is 1. The summed E-state index contributed by atoms with van der Waals surface area (Å²) in [5.41, 5.74) is 2.95. The molecule has 1 heterocycles. The molecule has 0 amide bonds. The van der Waals surface area contributed by atoms with Gasteiger partial charge in [0.15, 0.2) is 14.6 Å². The Balaban J connectivity index is 2.57. The number of fused-ring (bicyclic) bond motifs is 1. The maximum Gasteiger partial charge on any atom is 0.324 e. The first-order valence-corrected chi connectivity index (χ1v) is 8.57. The van der Waals surface area contributed by atoms with Gasteiger partial charge >= 0.3 is 5.97 Å². The Morgan fingerprint density at radius 3 is 2.71 bits per heavy atom. The first-order valence-electron chi connectivity index (χ1n) is 6.14. The van der Waals surface area contributed by atoms with Crippen LogP contribution in [-0.4, -0.2) is 29.2 Å². The fourth-order valence-corrected chi connectivity index (χ4v) is 4.29. The molecule has 1 aromatic heterocycles. The molecule has 2 aromatic rings. The van der Waals surface area contributed by atoms with Gasteiger partial charge < -0.3 is 5.11 Å². The van der Waals surface area contributed by atoms with Crippen molar-refractivity contribution in [3.8, 4) is 0 Å². The second-order valence-corrected chi connectivity index (χ2v) is 8.60. The first kappa shape index (κ1) is 15.7. The maximum atomic E-state index is 12.6. The fraction of sp³-hybridized carbons (Fsp3) is 0.286. The van der Waals surface area contributed by atoms with E-state index in [0.29, 0.717) is 5.56 Å². The van der Waals surface area contributed by atoms with Crippen LogP contribution in [0.15, 0.2) is 36.4 Å². The molecule has 112 valence electrons. The fourth-order valence-electron chi connectivity index (χ4n) is 1.93. The summed E-state index contributed by atoms with van der Waals surface area (Å²) in [4.78, 5) is 15.4. The van der Waals surface area contributed by atoms with Crippen molar-refractivity contribution in [2.24, 2.45) is 0 Å². The highest BCUT2D eigenvalue weighted by atomic mass is 32.2. The smallest absolute Gasteiger partial charge is 0.324 e. The van der Waals surface area contributed by atoms with Crippen molar-refractivity contribution in [1.29, 1.82) is 0 Å². The summed E-state index contributed by atoms with van der Waals surface area (Å²) in [5, 5.41) is 8.11. The summed E-state index contributed by atoms with van der Waals surface area (Å²) in [5.74, 6) is -1.38. The largest absolute Gasteiger partial charge is 0.480 e. The van der Waals surface area contributed by atoms with Gasteiger partial charge in [0.1, 0.15) is 5.25 Å². The first-order chi connectivity index (χ1) is 9.71. The number of carboxylic acids is 1. The van der Waals surface area contributed by atoms with E-state index in [9.17, 15) is 18.3 Å². The monoisotopic (exact) mass is 325 g/mol. The number of aliphatic carboxylic acids is 1. The molecule has 0 aliphatic rings. The molecule has 21 heavy (non-hydrogen) atoms. The van der Waals surface area contributed by atoms with Crippen LogP contribution in [0.3, 0.4) is 0 Å². The number of thiazole rings is 1. The zero-order valence-electron chi connectivity index (χ0n) is 11.6. The number of benzene rings is 1. The van der Waals surface area contributed by atoms with Crippen LogP contribution < -0.4 is 0 Å². The van der Waals surface area contributed by atoms with Crippen LogP contribution in [0.4, 0.5) is 0 Å². The van der Waals surface area contributed by atoms with E-state index in [4.69, 9.17) is 0 Å². The molecule has 1 N–H and O–H groups in total. The van der Waals surface area contributed by atoms with Gasteiger partial charge in [-0.15, -0.1) is 17.9 Å². The molecule has 5 nitrogen and oxygen atoms in total. The Hall–Kier alpha value is -1.73. The van der Waals surface area contributed by atoms with Crippen molar-refractivity contribution < 1.29 is 18.3 Å². The lowest BCUT2D eigenvalue weighted by Gasteiger charge is -2.25. The molecular weight excluding hydrogens is 310 g/mol. The highest BCUT2D eigenvalue weighted by Crippen LogP contribution is 2.34. The van der Waals surface area contributed by atoms with Gasteiger partial charge in [0.2, 0.25) is 0 Å². The van der Waals surface area contributed by atoms with E-state index in [0.717, 1.165) is 10.2 Å². The molecular formula is C14H15NO4S2. The van der Waals surface area contributed by atoms with Gasteiger partial charge in [-0.1, -0.05) is 12.1 Å². The second-order valence-electron chi connectivity index (χ2n) is 5.10. The predicted octanol–water partition coefficient (Wildman–Crippen LogP) is 2.80. The quantitative estimate of drug-likeness (QED) is 0.855. The Morgan fingerprint density at radius 2 is 2.14 bits per heavy atom. The van der Waals surface area contributed by atoms with Crippen LogP contribution in [0.1, 0.15) is 24.7 Å². The molecule has 0 radical (unpaired) electrons. The average molecular weight is 325 g/mol. The third-order valence-corrected chi connectivity index (χ3v) is 6.98. The van der Waals surface area contributed by atoms with Crippen molar-refractivity contribution in [3.05, 3.63) is 41.9 Å². The molecule has 0 aliphatic carbocycles. The van der Waals surface area contributed by atoms with E-state index in [1.165, 1.54) is 31.3 Å². The second kappa shape index (κ2) is 5.23. The molecule has 0 fully saturated rings. The third-order valence-electron chi connectivity index (χ3n) is 3.46. The lowest BCUT2D eigenvalue weighted by atomic mass is 10.1. The van der Waals surface area contributed by atoms with Crippen LogP contribution >= 0.6 is 11.3 Å². The molecule has 7 heteroatoms. The average Bonchev–Trinajstić information content (AvgIpc) is 2.86. The lowest BCUT2D eigenvalue weighted by Crippen LogP contribution is -2.42. The summed E-state index contributed by atoms with van der Waals surface area (Å²) in [6.07, 6.45) is 1.27. The molecule has 0 aliphatic heterocycles. The van der Waals surface area contributed by atoms with E-state index < -0.39 is 25.8 Å². The van der Waals surface area contributed by atoms with Crippen molar-refractivity contribution in [3.63, 3.8) is 0 Å². The number of hydrogen-bond donors (Lipinski definition) is 1. The molecule has 0 bridgehead atoms. The van der Waals surface area contributed by atoms with Gasteiger partial charge in [-0.05, 0) is 31.5 Å². The van der Waals surface area contributed by atoms with Crippen LogP contribution in [-0.2, 0) is 14.6 Å². The predicted molar refractivity (Wildman–Crippen MR) is 83.2 cm³/mol. The zero-order valence-corrected chi connectivity index (χ0v) is 13.2. The molecule has 1 aromatic carbocycles. The van der Waals surface area contributed by atoms with Crippen LogP contribution in [0.2, 0.25) is 0 Å². The number of hydrogen-bond acceptors (Lipinski definition) is 5. The van der Waals surface area contributed by atoms with Crippen molar-refractivity contribution in [2.45, 2.75) is 23.8 Å². The molecule has 0 spiro atoms. The molecule has 1 unspecified atom stereocenters. The summed E-state index contributed by atoms with van der Waals surface area (Å²) >= 11 is 1.40. The number of sulfone groups is 1. The minimum Gasteiger partial charge on any atom is -0.480 e. The van der Waals surface area contributed by atoms with Gasteiger partial charge in [0.05, 0.1) is 15.7 Å². The molecule has 2 rings (SSSR count). The Labute approximate surface area is 126 Å². The number of rotatable bonds is 5. The standard InChI is InChI=1S/C14H15NO4S2/c1-4-12(21(18,19)14(2,3)13(16)17)9-5-6-10-11(7-9)20-8-15-10/h4-8,12H,1H2,2-3H3,(H,16,17). The van der Waals surface area contributed by atoms with E-state index in [1.54, 1.807) is 23.7 Å². The topological polar surface area (TPSA) is 84.3 Å². The maximum absolute atomic E-state index is 12.6. The minimum atomic E-state index is -3.99. The van der Waals surface area contributed by atoms with Gasteiger partial charge in [-0.2, -0.15) is 0 Å². The highest BCUT2D eigenvalue weighted by molar-refractivity contribution is 7.93. The molecule has 0 saturated heterocycles. The summed E-state index contributed by atoms with van der Waals surface area (Å²) in [6.45, 7) is 5.93. The number of nitrogens with zero attached hydrogens (tertiary/aromatic N) is 1. The molecule has 0 saturated carbocycles. The number of carbonyl (C=O) groups is 1. The minimum absolute atomic E-state index is 0.496. The van der Waals surface area contributed by atoms with E-state index in [1.807, 2.05) is 0 Å². The van der Waals surface area contributed by atoms with Gasteiger partial charge in [0.25, 0.3) is 0 Å². The van der Waals surface area contributed by atoms with Crippen LogP contribution in [0, 0.1) is 0 Å². The summed E-state index contributed by atoms with van der Waals surface area (Å²) in [6, 6.07) is 5.08. The zero-order chi connectivity index (χ0) is 15.8. The van der Waals surface area contributed by atoms with Gasteiger partial charge in [0, 0.05) is 0 Å². The Morgan fingerprint density at radius 1 is 1.48 bits per heavy atom. The summed E-state index contributed by atoms with van der Waals surface area (Å²) in [7, 11) is -3.99. The Kier molecular flexibility index (Phi) is 3.90. The van der Waals surface area contributed by atoms with E-state index >= 15 is 0 Å². The SMILES string of the molecule is C=CC(c1ccc2ncsc2c1)S(=O)(=O)C(C)(C)C(=O)O.